The molecule has 1 aliphatic rings. The first kappa shape index (κ1) is 11.2. The molecule has 1 N–H and O–H groups in total. The van der Waals surface area contributed by atoms with Crippen molar-refractivity contribution < 1.29 is 0 Å². The van der Waals surface area contributed by atoms with Gasteiger partial charge in [-0.25, -0.2) is 0 Å². The lowest BCUT2D eigenvalue weighted by Crippen LogP contribution is -2.08. The van der Waals surface area contributed by atoms with Crippen LogP contribution < -0.4 is 5.32 Å². The van der Waals surface area contributed by atoms with E-state index in [0.717, 1.165) is 13.1 Å². The molecule has 0 aliphatic carbocycles. The molecular formula is C12H20N2. The monoisotopic (exact) mass is 192 g/mol. The quantitative estimate of drug-likeness (QED) is 0.739. The average Bonchev–Trinajstić information content (AvgIpc) is 2.74. The highest BCUT2D eigenvalue weighted by Crippen LogP contribution is 2.20. The molecule has 0 spiro atoms. The van der Waals surface area contributed by atoms with Crippen molar-refractivity contribution >= 4 is 0 Å². The van der Waals surface area contributed by atoms with Crippen LogP contribution in [-0.4, -0.2) is 18.1 Å². The summed E-state index contributed by atoms with van der Waals surface area (Å²) >= 11 is 0. The van der Waals surface area contributed by atoms with Gasteiger partial charge in [0.25, 0.3) is 0 Å². The number of hydrogen-bond donors (Lipinski definition) is 1. The summed E-state index contributed by atoms with van der Waals surface area (Å²) in [6.45, 7) is 8.35. The van der Waals surface area contributed by atoms with Crippen molar-refractivity contribution in [3.8, 4) is 0 Å². The fourth-order valence-corrected chi connectivity index (χ4v) is 1.69. The first-order valence-corrected chi connectivity index (χ1v) is 5.49. The predicted molar refractivity (Wildman–Crippen MR) is 60.5 cm³/mol. The summed E-state index contributed by atoms with van der Waals surface area (Å²) in [6, 6.07) is 4.24. The van der Waals surface area contributed by atoms with Crippen LogP contribution in [0, 0.1) is 6.92 Å². The van der Waals surface area contributed by atoms with Gasteiger partial charge in [-0.15, -0.1) is 0 Å². The Kier molecular flexibility index (Phi) is 4.60. The molecule has 1 aromatic heterocycles. The summed E-state index contributed by atoms with van der Waals surface area (Å²) in [5.41, 5.74) is 2.56. The van der Waals surface area contributed by atoms with Crippen molar-refractivity contribution in [3.63, 3.8) is 0 Å². The average molecular weight is 192 g/mol. The maximum Gasteiger partial charge on any atom is 0.0450 e. The third-order valence-corrected chi connectivity index (χ3v) is 2.42. The predicted octanol–water partition coefficient (Wildman–Crippen LogP) is 2.49. The van der Waals surface area contributed by atoms with Crippen molar-refractivity contribution in [1.82, 2.24) is 10.3 Å². The van der Waals surface area contributed by atoms with Crippen LogP contribution in [0.1, 0.15) is 37.4 Å². The molecule has 0 bridgehead atoms. The van der Waals surface area contributed by atoms with Gasteiger partial charge in [-0.3, -0.25) is 4.98 Å². The van der Waals surface area contributed by atoms with E-state index in [-0.39, 0.29) is 0 Å². The summed E-state index contributed by atoms with van der Waals surface area (Å²) < 4.78 is 0. The summed E-state index contributed by atoms with van der Waals surface area (Å²) in [4.78, 5) is 4.38. The van der Waals surface area contributed by atoms with Crippen molar-refractivity contribution in [3.05, 3.63) is 29.6 Å². The third kappa shape index (κ3) is 2.81. The molecule has 78 valence electrons. The minimum Gasteiger partial charge on any atom is -0.316 e. The van der Waals surface area contributed by atoms with Gasteiger partial charge in [-0.1, -0.05) is 13.8 Å². The zero-order valence-electron chi connectivity index (χ0n) is 9.38. The van der Waals surface area contributed by atoms with Crippen molar-refractivity contribution in [2.45, 2.75) is 33.1 Å². The third-order valence-electron chi connectivity index (χ3n) is 2.42. The molecule has 1 atom stereocenters. The SMILES string of the molecule is CC.Cc1ccnc(C2CCNC2)c1. The maximum absolute atomic E-state index is 4.38. The first-order chi connectivity index (χ1) is 6.86. The lowest BCUT2D eigenvalue weighted by Gasteiger charge is -2.07. The maximum atomic E-state index is 4.38. The first-order valence-electron chi connectivity index (χ1n) is 5.49. The molecule has 2 nitrogen and oxygen atoms in total. The number of rotatable bonds is 1. The Balaban J connectivity index is 0.000000461. The minimum atomic E-state index is 0.643. The summed E-state index contributed by atoms with van der Waals surface area (Å²) in [5.74, 6) is 0.643. The number of aromatic nitrogens is 1. The largest absolute Gasteiger partial charge is 0.316 e. The lowest BCUT2D eigenvalue weighted by atomic mass is 10.0. The van der Waals surface area contributed by atoms with Gasteiger partial charge in [0.05, 0.1) is 0 Å². The van der Waals surface area contributed by atoms with E-state index >= 15 is 0 Å². The zero-order chi connectivity index (χ0) is 10.4. The van der Waals surface area contributed by atoms with Gasteiger partial charge in [-0.2, -0.15) is 0 Å². The Morgan fingerprint density at radius 2 is 2.21 bits per heavy atom. The van der Waals surface area contributed by atoms with E-state index < -0.39 is 0 Å². The Bertz CT molecular complexity index is 265. The smallest absolute Gasteiger partial charge is 0.0450 e. The second-order valence-electron chi connectivity index (χ2n) is 3.45. The van der Waals surface area contributed by atoms with E-state index in [0.29, 0.717) is 5.92 Å². The Morgan fingerprint density at radius 1 is 1.43 bits per heavy atom. The second-order valence-corrected chi connectivity index (χ2v) is 3.45. The van der Waals surface area contributed by atoms with Gasteiger partial charge < -0.3 is 5.32 Å². The molecule has 0 aromatic carbocycles. The van der Waals surface area contributed by atoms with E-state index in [9.17, 15) is 0 Å². The molecule has 1 fully saturated rings. The van der Waals surface area contributed by atoms with Crippen molar-refractivity contribution in [1.29, 1.82) is 0 Å². The molecule has 1 saturated heterocycles. The highest BCUT2D eigenvalue weighted by molar-refractivity contribution is 5.18. The van der Waals surface area contributed by atoms with E-state index in [1.165, 1.54) is 17.7 Å². The molecule has 2 rings (SSSR count). The Hall–Kier alpha value is -0.890. The standard InChI is InChI=1S/C10H14N2.C2H6/c1-8-2-5-12-10(6-8)9-3-4-11-7-9;1-2/h2,5-6,9,11H,3-4,7H2,1H3;1-2H3. The molecule has 0 radical (unpaired) electrons. The molecule has 1 aromatic rings. The van der Waals surface area contributed by atoms with E-state index in [1.54, 1.807) is 0 Å². The molecular weight excluding hydrogens is 172 g/mol. The fraction of sp³-hybridized carbons (Fsp3) is 0.583. The zero-order valence-corrected chi connectivity index (χ0v) is 9.38. The summed E-state index contributed by atoms with van der Waals surface area (Å²) in [5, 5.41) is 3.35. The van der Waals surface area contributed by atoms with Gasteiger partial charge in [0, 0.05) is 24.4 Å². The second kappa shape index (κ2) is 5.76. The van der Waals surface area contributed by atoms with Gasteiger partial charge in [-0.05, 0) is 37.6 Å². The molecule has 0 saturated carbocycles. The number of nitrogens with zero attached hydrogens (tertiary/aromatic N) is 1. The fourth-order valence-electron chi connectivity index (χ4n) is 1.69. The normalized spacial score (nSPS) is 20.1. The van der Waals surface area contributed by atoms with Crippen LogP contribution in [-0.2, 0) is 0 Å². The minimum absolute atomic E-state index is 0.643. The van der Waals surface area contributed by atoms with Gasteiger partial charge in [0.15, 0.2) is 0 Å². The Morgan fingerprint density at radius 3 is 2.79 bits per heavy atom. The van der Waals surface area contributed by atoms with Gasteiger partial charge >= 0.3 is 0 Å². The number of hydrogen-bond acceptors (Lipinski definition) is 2. The molecule has 2 heteroatoms. The van der Waals surface area contributed by atoms with Crippen molar-refractivity contribution in [2.24, 2.45) is 0 Å². The van der Waals surface area contributed by atoms with Gasteiger partial charge in [0.2, 0.25) is 0 Å². The van der Waals surface area contributed by atoms with Crippen LogP contribution in [0.25, 0.3) is 0 Å². The van der Waals surface area contributed by atoms with Crippen LogP contribution >= 0.6 is 0 Å². The van der Waals surface area contributed by atoms with E-state index in [1.807, 2.05) is 26.1 Å². The number of aryl methyl sites for hydroxylation is 1. The number of nitrogens with one attached hydrogen (secondary N) is 1. The molecule has 1 unspecified atom stereocenters. The highest BCUT2D eigenvalue weighted by atomic mass is 14.9. The van der Waals surface area contributed by atoms with Gasteiger partial charge in [0.1, 0.15) is 0 Å². The molecule has 0 amide bonds. The molecule has 1 aliphatic heterocycles. The Labute approximate surface area is 86.8 Å². The van der Waals surface area contributed by atoms with Crippen LogP contribution in [0.2, 0.25) is 0 Å². The number of pyridine rings is 1. The van der Waals surface area contributed by atoms with Crippen LogP contribution in [0.4, 0.5) is 0 Å². The van der Waals surface area contributed by atoms with Crippen LogP contribution in [0.5, 0.6) is 0 Å². The van der Waals surface area contributed by atoms with Crippen LogP contribution in [0.15, 0.2) is 18.3 Å². The lowest BCUT2D eigenvalue weighted by molar-refractivity contribution is 0.734. The molecule has 14 heavy (non-hydrogen) atoms. The summed E-state index contributed by atoms with van der Waals surface area (Å²) in [6.07, 6.45) is 3.14. The van der Waals surface area contributed by atoms with E-state index in [2.05, 4.69) is 23.3 Å². The topological polar surface area (TPSA) is 24.9 Å². The van der Waals surface area contributed by atoms with Crippen LogP contribution in [0.3, 0.4) is 0 Å². The van der Waals surface area contributed by atoms with Crippen molar-refractivity contribution in [2.75, 3.05) is 13.1 Å². The highest BCUT2D eigenvalue weighted by Gasteiger charge is 2.17. The van der Waals surface area contributed by atoms with E-state index in [4.69, 9.17) is 0 Å². The molecule has 2 heterocycles. The summed E-state index contributed by atoms with van der Waals surface area (Å²) in [7, 11) is 0.